The molecule has 90 valence electrons. The number of amides is 1. The minimum absolute atomic E-state index is 0. The lowest BCUT2D eigenvalue weighted by Crippen LogP contribution is -2.28. The molecule has 0 bridgehead atoms. The first-order valence-corrected chi connectivity index (χ1v) is 5.11. The SMILES string of the molecule is Cc1sc(C(=O)NCCN)cc1[N+](=O)[O-].Cl. The third-order valence-electron chi connectivity index (χ3n) is 1.74. The Morgan fingerprint density at radius 2 is 2.31 bits per heavy atom. The van der Waals surface area contributed by atoms with E-state index in [0.29, 0.717) is 22.8 Å². The number of aryl methyl sites for hydroxylation is 1. The molecule has 1 amide bonds. The van der Waals surface area contributed by atoms with E-state index in [1.807, 2.05) is 0 Å². The summed E-state index contributed by atoms with van der Waals surface area (Å²) in [7, 11) is 0. The molecule has 0 atom stereocenters. The maximum atomic E-state index is 11.4. The Kier molecular flexibility index (Phi) is 5.94. The summed E-state index contributed by atoms with van der Waals surface area (Å²) in [6.07, 6.45) is 0. The predicted molar refractivity (Wildman–Crippen MR) is 64.3 cm³/mol. The van der Waals surface area contributed by atoms with Gasteiger partial charge in [-0.3, -0.25) is 14.9 Å². The number of carbonyl (C=O) groups excluding carboxylic acids is 1. The fourth-order valence-electron chi connectivity index (χ4n) is 1.04. The number of nitrogens with one attached hydrogen (secondary N) is 1. The van der Waals surface area contributed by atoms with E-state index in [-0.39, 0.29) is 24.0 Å². The molecule has 6 nitrogen and oxygen atoms in total. The maximum absolute atomic E-state index is 11.4. The van der Waals surface area contributed by atoms with Crippen molar-refractivity contribution in [2.45, 2.75) is 6.92 Å². The lowest BCUT2D eigenvalue weighted by atomic mass is 10.3. The van der Waals surface area contributed by atoms with E-state index in [9.17, 15) is 14.9 Å². The molecule has 1 aromatic rings. The van der Waals surface area contributed by atoms with Gasteiger partial charge < -0.3 is 11.1 Å². The molecular formula is C8H12ClN3O3S. The second kappa shape index (κ2) is 6.41. The second-order valence-electron chi connectivity index (χ2n) is 2.85. The first-order chi connectivity index (χ1) is 7.06. The van der Waals surface area contributed by atoms with Crippen LogP contribution in [0.2, 0.25) is 0 Å². The maximum Gasteiger partial charge on any atom is 0.283 e. The summed E-state index contributed by atoms with van der Waals surface area (Å²) in [4.78, 5) is 22.3. The number of carbonyl (C=O) groups is 1. The predicted octanol–water partition coefficient (Wildman–Crippen LogP) is 1.08. The molecule has 1 heterocycles. The van der Waals surface area contributed by atoms with Gasteiger partial charge in [-0.05, 0) is 6.92 Å². The van der Waals surface area contributed by atoms with Gasteiger partial charge in [-0.2, -0.15) is 0 Å². The van der Waals surface area contributed by atoms with Crippen molar-refractivity contribution in [3.63, 3.8) is 0 Å². The number of halogens is 1. The number of hydrogen-bond acceptors (Lipinski definition) is 5. The largest absolute Gasteiger partial charge is 0.350 e. The Labute approximate surface area is 102 Å². The summed E-state index contributed by atoms with van der Waals surface area (Å²) in [5.41, 5.74) is 5.20. The van der Waals surface area contributed by atoms with Crippen LogP contribution in [0.25, 0.3) is 0 Å². The molecule has 0 saturated heterocycles. The number of rotatable bonds is 4. The van der Waals surface area contributed by atoms with Crippen molar-refractivity contribution >= 4 is 35.3 Å². The molecule has 0 fully saturated rings. The van der Waals surface area contributed by atoms with Gasteiger partial charge in [-0.25, -0.2) is 0 Å². The molecule has 0 aliphatic carbocycles. The zero-order valence-corrected chi connectivity index (χ0v) is 10.2. The van der Waals surface area contributed by atoms with Gasteiger partial charge in [-0.1, -0.05) is 0 Å². The van der Waals surface area contributed by atoms with E-state index >= 15 is 0 Å². The highest BCUT2D eigenvalue weighted by molar-refractivity contribution is 7.14. The van der Waals surface area contributed by atoms with Crippen LogP contribution in [0, 0.1) is 17.0 Å². The zero-order chi connectivity index (χ0) is 11.4. The Morgan fingerprint density at radius 3 is 2.75 bits per heavy atom. The Bertz CT molecular complexity index is 394. The minimum Gasteiger partial charge on any atom is -0.350 e. The Balaban J connectivity index is 0.00000225. The standard InChI is InChI=1S/C8H11N3O3S.ClH/c1-5-6(11(13)14)4-7(15-5)8(12)10-3-2-9;/h4H,2-3,9H2,1H3,(H,10,12);1H. The molecule has 0 saturated carbocycles. The van der Waals surface area contributed by atoms with Crippen LogP contribution in [0.4, 0.5) is 5.69 Å². The van der Waals surface area contributed by atoms with Crippen molar-refractivity contribution < 1.29 is 9.72 Å². The smallest absolute Gasteiger partial charge is 0.283 e. The quantitative estimate of drug-likeness (QED) is 0.628. The molecule has 0 aliphatic rings. The average molecular weight is 266 g/mol. The highest BCUT2D eigenvalue weighted by Crippen LogP contribution is 2.27. The fourth-order valence-corrected chi connectivity index (χ4v) is 1.94. The van der Waals surface area contributed by atoms with Gasteiger partial charge in [0, 0.05) is 19.2 Å². The third kappa shape index (κ3) is 3.44. The van der Waals surface area contributed by atoms with Gasteiger partial charge in [0.2, 0.25) is 0 Å². The average Bonchev–Trinajstić information content (AvgIpc) is 2.56. The molecule has 1 aromatic heterocycles. The monoisotopic (exact) mass is 265 g/mol. The summed E-state index contributed by atoms with van der Waals surface area (Å²) >= 11 is 1.11. The number of nitrogens with two attached hydrogens (primary N) is 1. The van der Waals surface area contributed by atoms with E-state index < -0.39 is 4.92 Å². The minimum atomic E-state index is -0.494. The summed E-state index contributed by atoms with van der Waals surface area (Å²) in [6, 6.07) is 1.28. The topological polar surface area (TPSA) is 98.3 Å². The van der Waals surface area contributed by atoms with Crippen molar-refractivity contribution in [1.82, 2.24) is 5.32 Å². The number of nitrogens with zero attached hydrogens (tertiary/aromatic N) is 1. The van der Waals surface area contributed by atoms with Crippen molar-refractivity contribution in [2.24, 2.45) is 5.73 Å². The van der Waals surface area contributed by atoms with Gasteiger partial charge in [-0.15, -0.1) is 23.7 Å². The Hall–Kier alpha value is -1.18. The first-order valence-electron chi connectivity index (χ1n) is 4.29. The van der Waals surface area contributed by atoms with Gasteiger partial charge in [0.1, 0.15) is 0 Å². The summed E-state index contributed by atoms with van der Waals surface area (Å²) in [6.45, 7) is 2.32. The van der Waals surface area contributed by atoms with Crippen LogP contribution >= 0.6 is 23.7 Å². The third-order valence-corrected chi connectivity index (χ3v) is 2.78. The van der Waals surface area contributed by atoms with Crippen LogP contribution in [-0.2, 0) is 0 Å². The van der Waals surface area contributed by atoms with Crippen LogP contribution in [0.5, 0.6) is 0 Å². The first kappa shape index (κ1) is 14.8. The van der Waals surface area contributed by atoms with E-state index in [2.05, 4.69) is 5.32 Å². The van der Waals surface area contributed by atoms with Gasteiger partial charge >= 0.3 is 0 Å². The summed E-state index contributed by atoms with van der Waals surface area (Å²) in [5, 5.41) is 13.1. The molecule has 0 aromatic carbocycles. The van der Waals surface area contributed by atoms with Crippen LogP contribution in [0.15, 0.2) is 6.07 Å². The Morgan fingerprint density at radius 1 is 1.69 bits per heavy atom. The molecule has 3 N–H and O–H groups in total. The molecule has 0 radical (unpaired) electrons. The van der Waals surface area contributed by atoms with Gasteiger partial charge in [0.15, 0.2) is 0 Å². The number of nitro groups is 1. The van der Waals surface area contributed by atoms with Crippen LogP contribution in [-0.4, -0.2) is 23.9 Å². The highest BCUT2D eigenvalue weighted by atomic mass is 35.5. The van der Waals surface area contributed by atoms with E-state index in [1.54, 1.807) is 6.92 Å². The highest BCUT2D eigenvalue weighted by Gasteiger charge is 2.18. The molecule has 16 heavy (non-hydrogen) atoms. The van der Waals surface area contributed by atoms with Crippen molar-refractivity contribution in [3.05, 3.63) is 25.9 Å². The van der Waals surface area contributed by atoms with Crippen molar-refractivity contribution in [3.8, 4) is 0 Å². The van der Waals surface area contributed by atoms with Crippen LogP contribution < -0.4 is 11.1 Å². The summed E-state index contributed by atoms with van der Waals surface area (Å²) in [5.74, 6) is -0.318. The molecule has 0 spiro atoms. The fraction of sp³-hybridized carbons (Fsp3) is 0.375. The van der Waals surface area contributed by atoms with E-state index in [0.717, 1.165) is 11.3 Å². The van der Waals surface area contributed by atoms with Gasteiger partial charge in [0.05, 0.1) is 14.7 Å². The van der Waals surface area contributed by atoms with Gasteiger partial charge in [0.25, 0.3) is 11.6 Å². The van der Waals surface area contributed by atoms with Crippen molar-refractivity contribution in [2.75, 3.05) is 13.1 Å². The molecule has 0 unspecified atom stereocenters. The van der Waals surface area contributed by atoms with E-state index in [4.69, 9.17) is 5.73 Å². The van der Waals surface area contributed by atoms with E-state index in [1.165, 1.54) is 6.07 Å². The molecule has 8 heteroatoms. The normalized spacial score (nSPS) is 9.38. The molecule has 1 rings (SSSR count). The second-order valence-corrected chi connectivity index (χ2v) is 4.11. The van der Waals surface area contributed by atoms with Crippen LogP contribution in [0.3, 0.4) is 0 Å². The van der Waals surface area contributed by atoms with Crippen molar-refractivity contribution in [1.29, 1.82) is 0 Å². The number of thiophene rings is 1. The molecule has 0 aliphatic heterocycles. The zero-order valence-electron chi connectivity index (χ0n) is 8.56. The number of hydrogen-bond donors (Lipinski definition) is 2. The summed E-state index contributed by atoms with van der Waals surface area (Å²) < 4.78 is 0. The van der Waals surface area contributed by atoms with Crippen LogP contribution in [0.1, 0.15) is 14.5 Å². The lowest BCUT2D eigenvalue weighted by molar-refractivity contribution is -0.385. The molecular weight excluding hydrogens is 254 g/mol. The lowest BCUT2D eigenvalue weighted by Gasteiger charge is -1.98.